The van der Waals surface area contributed by atoms with E-state index in [1.54, 1.807) is 12.5 Å². The molecule has 0 atom stereocenters. The maximum atomic E-state index is 4.71. The number of aryl methyl sites for hydroxylation is 3. The van der Waals surface area contributed by atoms with Crippen LogP contribution in [0.15, 0.2) is 12.5 Å². The lowest BCUT2D eigenvalue weighted by molar-refractivity contribution is 0.648. The maximum absolute atomic E-state index is 4.71. The summed E-state index contributed by atoms with van der Waals surface area (Å²) in [6, 6.07) is 0. The number of anilines is 1. The van der Waals surface area contributed by atoms with Crippen molar-refractivity contribution in [2.45, 2.75) is 39.2 Å². The van der Waals surface area contributed by atoms with Crippen molar-refractivity contribution in [1.29, 1.82) is 0 Å². The van der Waals surface area contributed by atoms with Crippen LogP contribution in [-0.2, 0) is 26.4 Å². The zero-order valence-corrected chi connectivity index (χ0v) is 13.4. The minimum Gasteiger partial charge on any atom is -0.347 e. The number of hydrogen-bond acceptors (Lipinski definition) is 6. The van der Waals surface area contributed by atoms with Gasteiger partial charge >= 0.3 is 0 Å². The standard InChI is InChI=1S/C16H19N7/c1-10-11-5-3-4-6-12(11)21-14(20-10)8-18-16-17-7-13-15(22-16)19-9-23(13)2/h7,9H,3-6,8H2,1-2H3,(H,17,18,22). The molecule has 0 saturated carbocycles. The Morgan fingerprint density at radius 2 is 2.00 bits per heavy atom. The number of hydrogen-bond donors (Lipinski definition) is 1. The van der Waals surface area contributed by atoms with Crippen LogP contribution in [0.3, 0.4) is 0 Å². The van der Waals surface area contributed by atoms with Crippen molar-refractivity contribution in [3.05, 3.63) is 35.3 Å². The molecule has 0 fully saturated rings. The van der Waals surface area contributed by atoms with E-state index in [-0.39, 0.29) is 0 Å². The number of aromatic nitrogens is 6. The van der Waals surface area contributed by atoms with E-state index in [9.17, 15) is 0 Å². The Morgan fingerprint density at radius 3 is 2.91 bits per heavy atom. The summed E-state index contributed by atoms with van der Waals surface area (Å²) in [6.07, 6.45) is 8.13. The lowest BCUT2D eigenvalue weighted by atomic mass is 9.95. The summed E-state index contributed by atoms with van der Waals surface area (Å²) in [6.45, 7) is 2.60. The van der Waals surface area contributed by atoms with Crippen molar-refractivity contribution in [3.8, 4) is 0 Å². The average Bonchev–Trinajstić information content (AvgIpc) is 2.94. The third kappa shape index (κ3) is 2.62. The monoisotopic (exact) mass is 309 g/mol. The summed E-state index contributed by atoms with van der Waals surface area (Å²) in [5.41, 5.74) is 5.25. The molecule has 4 rings (SSSR count). The van der Waals surface area contributed by atoms with Gasteiger partial charge in [0.2, 0.25) is 5.95 Å². The van der Waals surface area contributed by atoms with Gasteiger partial charge in [-0.1, -0.05) is 0 Å². The fourth-order valence-electron chi connectivity index (χ4n) is 3.08. The molecule has 3 aromatic rings. The first-order chi connectivity index (χ1) is 11.2. The van der Waals surface area contributed by atoms with Crippen molar-refractivity contribution < 1.29 is 0 Å². The lowest BCUT2D eigenvalue weighted by Gasteiger charge is -2.17. The second-order valence-electron chi connectivity index (χ2n) is 5.97. The van der Waals surface area contributed by atoms with Crippen molar-refractivity contribution in [3.63, 3.8) is 0 Å². The summed E-state index contributed by atoms with van der Waals surface area (Å²) < 4.78 is 1.90. The van der Waals surface area contributed by atoms with E-state index in [0.29, 0.717) is 18.1 Å². The molecule has 1 aliphatic carbocycles. The minimum absolute atomic E-state index is 0.520. The molecule has 0 bridgehead atoms. The second-order valence-corrected chi connectivity index (χ2v) is 5.97. The third-order valence-electron chi connectivity index (χ3n) is 4.32. The van der Waals surface area contributed by atoms with Crippen molar-refractivity contribution in [2.75, 3.05) is 5.32 Å². The van der Waals surface area contributed by atoms with Crippen molar-refractivity contribution in [2.24, 2.45) is 7.05 Å². The van der Waals surface area contributed by atoms with Crippen LogP contribution >= 0.6 is 0 Å². The number of rotatable bonds is 3. The molecule has 1 N–H and O–H groups in total. The number of imidazole rings is 1. The van der Waals surface area contributed by atoms with Gasteiger partial charge in [0.25, 0.3) is 0 Å². The fraction of sp³-hybridized carbons (Fsp3) is 0.438. The largest absolute Gasteiger partial charge is 0.347 e. The van der Waals surface area contributed by atoms with Crippen LogP contribution in [0.5, 0.6) is 0 Å². The molecular weight excluding hydrogens is 290 g/mol. The van der Waals surface area contributed by atoms with Crippen LogP contribution in [0.25, 0.3) is 11.2 Å². The Kier molecular flexibility index (Phi) is 3.40. The molecule has 0 spiro atoms. The Bertz CT molecular complexity index is 868. The molecule has 1 aliphatic rings. The third-order valence-corrected chi connectivity index (χ3v) is 4.32. The van der Waals surface area contributed by atoms with Gasteiger partial charge in [0, 0.05) is 18.4 Å². The molecule has 7 nitrogen and oxygen atoms in total. The van der Waals surface area contributed by atoms with Gasteiger partial charge in [-0.2, -0.15) is 4.98 Å². The van der Waals surface area contributed by atoms with Gasteiger partial charge in [-0.25, -0.2) is 19.9 Å². The Balaban J connectivity index is 1.54. The summed E-state index contributed by atoms with van der Waals surface area (Å²) >= 11 is 0. The van der Waals surface area contributed by atoms with E-state index in [0.717, 1.165) is 29.9 Å². The quantitative estimate of drug-likeness (QED) is 0.796. The zero-order valence-electron chi connectivity index (χ0n) is 13.4. The summed E-state index contributed by atoms with van der Waals surface area (Å²) in [5.74, 6) is 1.35. The molecule has 0 saturated heterocycles. The first kappa shape index (κ1) is 14.0. The highest BCUT2D eigenvalue weighted by Crippen LogP contribution is 2.21. The lowest BCUT2D eigenvalue weighted by Crippen LogP contribution is -2.14. The Morgan fingerprint density at radius 1 is 1.13 bits per heavy atom. The maximum Gasteiger partial charge on any atom is 0.225 e. The summed E-state index contributed by atoms with van der Waals surface area (Å²) in [4.78, 5) is 22.3. The SMILES string of the molecule is Cc1nc(CNc2ncc3c(ncn3C)n2)nc2c1CCCC2. The highest BCUT2D eigenvalue weighted by Gasteiger charge is 2.15. The number of nitrogens with one attached hydrogen (secondary N) is 1. The normalized spacial score (nSPS) is 14.0. The smallest absolute Gasteiger partial charge is 0.225 e. The van der Waals surface area contributed by atoms with Crippen LogP contribution < -0.4 is 5.32 Å². The first-order valence-electron chi connectivity index (χ1n) is 7.94. The number of nitrogens with zero attached hydrogens (tertiary/aromatic N) is 6. The highest BCUT2D eigenvalue weighted by atomic mass is 15.2. The molecule has 3 aromatic heterocycles. The van der Waals surface area contributed by atoms with Crippen LogP contribution in [-0.4, -0.2) is 29.5 Å². The van der Waals surface area contributed by atoms with E-state index in [2.05, 4.69) is 32.2 Å². The van der Waals surface area contributed by atoms with Gasteiger partial charge in [0.05, 0.1) is 19.1 Å². The van der Waals surface area contributed by atoms with Crippen molar-refractivity contribution >= 4 is 17.1 Å². The average molecular weight is 309 g/mol. The minimum atomic E-state index is 0.520. The van der Waals surface area contributed by atoms with Gasteiger partial charge in [0.15, 0.2) is 5.65 Å². The van der Waals surface area contributed by atoms with Gasteiger partial charge in [-0.3, -0.25) is 0 Å². The molecule has 0 amide bonds. The molecule has 7 heteroatoms. The van der Waals surface area contributed by atoms with Crippen LogP contribution in [0, 0.1) is 6.92 Å². The van der Waals surface area contributed by atoms with Gasteiger partial charge in [-0.15, -0.1) is 0 Å². The topological polar surface area (TPSA) is 81.4 Å². The van der Waals surface area contributed by atoms with Gasteiger partial charge in [0.1, 0.15) is 11.3 Å². The fourth-order valence-corrected chi connectivity index (χ4v) is 3.08. The summed E-state index contributed by atoms with van der Waals surface area (Å²) in [5, 5.41) is 3.20. The van der Waals surface area contributed by atoms with E-state index in [4.69, 9.17) is 4.98 Å². The molecular formula is C16H19N7. The van der Waals surface area contributed by atoms with Gasteiger partial charge < -0.3 is 9.88 Å². The van der Waals surface area contributed by atoms with Crippen LogP contribution in [0.1, 0.15) is 35.6 Å². The Labute approximate surface area is 134 Å². The predicted octanol–water partition coefficient (Wildman–Crippen LogP) is 1.95. The molecule has 0 aromatic carbocycles. The Hall–Kier alpha value is -2.57. The van der Waals surface area contributed by atoms with E-state index < -0.39 is 0 Å². The molecule has 0 radical (unpaired) electrons. The highest BCUT2D eigenvalue weighted by molar-refractivity contribution is 5.70. The summed E-state index contributed by atoms with van der Waals surface area (Å²) in [7, 11) is 1.93. The predicted molar refractivity (Wildman–Crippen MR) is 87.0 cm³/mol. The first-order valence-corrected chi connectivity index (χ1v) is 7.94. The molecule has 118 valence electrons. The van der Waals surface area contributed by atoms with Crippen LogP contribution in [0.2, 0.25) is 0 Å². The molecule has 3 heterocycles. The zero-order chi connectivity index (χ0) is 15.8. The van der Waals surface area contributed by atoms with Crippen molar-refractivity contribution in [1.82, 2.24) is 29.5 Å². The van der Waals surface area contributed by atoms with Gasteiger partial charge in [-0.05, 0) is 38.2 Å². The second kappa shape index (κ2) is 5.57. The molecule has 23 heavy (non-hydrogen) atoms. The van der Waals surface area contributed by atoms with E-state index >= 15 is 0 Å². The van der Waals surface area contributed by atoms with Crippen LogP contribution in [0.4, 0.5) is 5.95 Å². The number of fused-ring (bicyclic) bond motifs is 2. The van der Waals surface area contributed by atoms with E-state index in [1.807, 2.05) is 11.6 Å². The van der Waals surface area contributed by atoms with E-state index in [1.165, 1.54) is 24.1 Å². The molecule has 0 aliphatic heterocycles. The molecule has 0 unspecified atom stereocenters.